The summed E-state index contributed by atoms with van der Waals surface area (Å²) in [7, 11) is 0. The van der Waals surface area contributed by atoms with E-state index in [0.717, 1.165) is 0 Å². The van der Waals surface area contributed by atoms with Gasteiger partial charge in [-0.2, -0.15) is 0 Å². The Balaban J connectivity index is 2.44. The van der Waals surface area contributed by atoms with E-state index in [1.165, 1.54) is 18.2 Å². The van der Waals surface area contributed by atoms with E-state index in [9.17, 15) is 19.7 Å². The summed E-state index contributed by atoms with van der Waals surface area (Å²) in [5.41, 5.74) is 0.484. The molecular formula is C13H16N2O5. The second-order valence-corrected chi connectivity index (χ2v) is 4.48. The minimum absolute atomic E-state index is 0.0309. The summed E-state index contributed by atoms with van der Waals surface area (Å²) in [6, 6.07) is 5.86. The molecule has 2 N–H and O–H groups in total. The molecule has 0 radical (unpaired) electrons. The number of nitrogens with one attached hydrogen (secondary N) is 1. The predicted octanol–water partition coefficient (Wildman–Crippen LogP) is 1.36. The van der Waals surface area contributed by atoms with E-state index in [4.69, 9.17) is 5.11 Å². The van der Waals surface area contributed by atoms with E-state index in [2.05, 4.69) is 5.32 Å². The molecule has 0 saturated carbocycles. The zero-order valence-corrected chi connectivity index (χ0v) is 11.0. The number of carbonyl (C=O) groups excluding carboxylic acids is 1. The van der Waals surface area contributed by atoms with E-state index in [-0.39, 0.29) is 24.6 Å². The van der Waals surface area contributed by atoms with Crippen molar-refractivity contribution < 1.29 is 19.6 Å². The van der Waals surface area contributed by atoms with Crippen LogP contribution in [-0.2, 0) is 16.0 Å². The van der Waals surface area contributed by atoms with Crippen LogP contribution in [0, 0.1) is 16.0 Å². The van der Waals surface area contributed by atoms with E-state index in [1.807, 2.05) is 0 Å². The molecule has 1 rings (SSSR count). The Morgan fingerprint density at radius 3 is 2.75 bits per heavy atom. The van der Waals surface area contributed by atoms with Gasteiger partial charge in [-0.05, 0) is 12.0 Å². The van der Waals surface area contributed by atoms with Gasteiger partial charge in [0.1, 0.15) is 0 Å². The summed E-state index contributed by atoms with van der Waals surface area (Å²) in [5.74, 6) is -1.71. The summed E-state index contributed by atoms with van der Waals surface area (Å²) in [6.45, 7) is 1.83. The molecule has 1 aromatic rings. The number of non-ortho nitro benzene ring substituents is 1. The molecule has 108 valence electrons. The maximum atomic E-state index is 11.6. The third kappa shape index (κ3) is 5.05. The predicted molar refractivity (Wildman–Crippen MR) is 71.2 cm³/mol. The zero-order chi connectivity index (χ0) is 15.1. The largest absolute Gasteiger partial charge is 0.481 e. The molecule has 1 aromatic carbocycles. The number of amides is 1. The van der Waals surface area contributed by atoms with Gasteiger partial charge in [-0.15, -0.1) is 0 Å². The summed E-state index contributed by atoms with van der Waals surface area (Å²) in [6.07, 6.45) is 0.374. The standard InChI is InChI=1S/C13H16N2O5/c1-9(13(17)18)5-6-14-12(16)8-10-3-2-4-11(7-10)15(19)20/h2-4,7,9H,5-6,8H2,1H3,(H,14,16)(H,17,18). The second-order valence-electron chi connectivity index (χ2n) is 4.48. The minimum atomic E-state index is -0.905. The van der Waals surface area contributed by atoms with E-state index >= 15 is 0 Å². The Bertz CT molecular complexity index is 515. The minimum Gasteiger partial charge on any atom is -0.481 e. The Labute approximate surface area is 115 Å². The van der Waals surface area contributed by atoms with Gasteiger partial charge >= 0.3 is 5.97 Å². The van der Waals surface area contributed by atoms with Gasteiger partial charge in [0.05, 0.1) is 17.3 Å². The molecule has 20 heavy (non-hydrogen) atoms. The Hall–Kier alpha value is -2.44. The van der Waals surface area contributed by atoms with E-state index in [1.54, 1.807) is 13.0 Å². The molecular weight excluding hydrogens is 264 g/mol. The smallest absolute Gasteiger partial charge is 0.306 e. The van der Waals surface area contributed by atoms with Gasteiger partial charge in [0.2, 0.25) is 5.91 Å². The van der Waals surface area contributed by atoms with Gasteiger partial charge in [0.25, 0.3) is 5.69 Å². The molecule has 7 nitrogen and oxygen atoms in total. The third-order valence-corrected chi connectivity index (χ3v) is 2.81. The van der Waals surface area contributed by atoms with Crippen molar-refractivity contribution in [1.29, 1.82) is 0 Å². The molecule has 0 bridgehead atoms. The average Bonchev–Trinajstić information content (AvgIpc) is 2.38. The number of carboxylic acid groups (broad SMARTS) is 1. The Morgan fingerprint density at radius 2 is 2.15 bits per heavy atom. The fourth-order valence-corrected chi connectivity index (χ4v) is 1.58. The highest BCUT2D eigenvalue weighted by molar-refractivity contribution is 5.78. The van der Waals surface area contributed by atoms with Crippen LogP contribution < -0.4 is 5.32 Å². The first-order chi connectivity index (χ1) is 9.40. The van der Waals surface area contributed by atoms with Crippen LogP contribution in [-0.4, -0.2) is 28.5 Å². The van der Waals surface area contributed by atoms with Crippen molar-refractivity contribution in [3.8, 4) is 0 Å². The molecule has 7 heteroatoms. The lowest BCUT2D eigenvalue weighted by Gasteiger charge is -2.07. The molecule has 1 atom stereocenters. The van der Waals surface area contributed by atoms with Gasteiger partial charge in [-0.25, -0.2) is 0 Å². The molecule has 0 aliphatic heterocycles. The summed E-state index contributed by atoms with van der Waals surface area (Å²) in [5, 5.41) is 21.9. The highest BCUT2D eigenvalue weighted by Gasteiger charge is 2.12. The van der Waals surface area contributed by atoms with Gasteiger partial charge in [0, 0.05) is 18.7 Å². The van der Waals surface area contributed by atoms with Crippen molar-refractivity contribution in [1.82, 2.24) is 5.32 Å². The van der Waals surface area contributed by atoms with Crippen molar-refractivity contribution >= 4 is 17.6 Å². The number of aliphatic carboxylic acids is 1. The van der Waals surface area contributed by atoms with E-state index in [0.29, 0.717) is 12.0 Å². The van der Waals surface area contributed by atoms with Crippen molar-refractivity contribution in [2.24, 2.45) is 5.92 Å². The van der Waals surface area contributed by atoms with Crippen LogP contribution in [0.25, 0.3) is 0 Å². The second kappa shape index (κ2) is 7.22. The zero-order valence-electron chi connectivity index (χ0n) is 11.0. The van der Waals surface area contributed by atoms with Crippen LogP contribution in [0.3, 0.4) is 0 Å². The number of carboxylic acids is 1. The number of carbonyl (C=O) groups is 2. The molecule has 0 aliphatic rings. The van der Waals surface area contributed by atoms with Crippen LogP contribution in [0.4, 0.5) is 5.69 Å². The first-order valence-corrected chi connectivity index (χ1v) is 6.13. The normalized spacial score (nSPS) is 11.7. The Morgan fingerprint density at radius 1 is 1.45 bits per heavy atom. The van der Waals surface area contributed by atoms with Crippen LogP contribution in [0.15, 0.2) is 24.3 Å². The molecule has 0 fully saturated rings. The monoisotopic (exact) mass is 280 g/mol. The number of benzene rings is 1. The maximum absolute atomic E-state index is 11.6. The molecule has 0 heterocycles. The van der Waals surface area contributed by atoms with Crippen LogP contribution in [0.5, 0.6) is 0 Å². The lowest BCUT2D eigenvalue weighted by Crippen LogP contribution is -2.28. The maximum Gasteiger partial charge on any atom is 0.306 e. The quantitative estimate of drug-likeness (QED) is 0.579. The van der Waals surface area contributed by atoms with Gasteiger partial charge in [-0.1, -0.05) is 19.1 Å². The van der Waals surface area contributed by atoms with Crippen molar-refractivity contribution in [2.75, 3.05) is 6.54 Å². The molecule has 1 amide bonds. The number of rotatable bonds is 7. The highest BCUT2D eigenvalue weighted by atomic mass is 16.6. The van der Waals surface area contributed by atoms with Crippen molar-refractivity contribution in [3.63, 3.8) is 0 Å². The lowest BCUT2D eigenvalue weighted by atomic mass is 10.1. The van der Waals surface area contributed by atoms with Gasteiger partial charge in [0.15, 0.2) is 0 Å². The molecule has 0 aromatic heterocycles. The average molecular weight is 280 g/mol. The van der Waals surface area contributed by atoms with Crippen molar-refractivity contribution in [2.45, 2.75) is 19.8 Å². The third-order valence-electron chi connectivity index (χ3n) is 2.81. The van der Waals surface area contributed by atoms with Gasteiger partial charge < -0.3 is 10.4 Å². The summed E-state index contributed by atoms with van der Waals surface area (Å²) >= 11 is 0. The van der Waals surface area contributed by atoms with Crippen molar-refractivity contribution in [3.05, 3.63) is 39.9 Å². The molecule has 1 unspecified atom stereocenters. The van der Waals surface area contributed by atoms with E-state index < -0.39 is 16.8 Å². The number of nitro groups is 1. The van der Waals surface area contributed by atoms with Crippen LogP contribution >= 0.6 is 0 Å². The van der Waals surface area contributed by atoms with Crippen LogP contribution in [0.2, 0.25) is 0 Å². The number of nitro benzene ring substituents is 1. The molecule has 0 aliphatic carbocycles. The fourth-order valence-electron chi connectivity index (χ4n) is 1.58. The lowest BCUT2D eigenvalue weighted by molar-refractivity contribution is -0.384. The summed E-state index contributed by atoms with van der Waals surface area (Å²) in [4.78, 5) is 32.3. The fraction of sp³-hybridized carbons (Fsp3) is 0.385. The molecule has 0 spiro atoms. The first-order valence-electron chi connectivity index (χ1n) is 6.13. The topological polar surface area (TPSA) is 110 Å². The number of hydrogen-bond donors (Lipinski definition) is 2. The van der Waals surface area contributed by atoms with Gasteiger partial charge in [-0.3, -0.25) is 19.7 Å². The highest BCUT2D eigenvalue weighted by Crippen LogP contribution is 2.13. The summed E-state index contributed by atoms with van der Waals surface area (Å²) < 4.78 is 0. The first kappa shape index (κ1) is 15.6. The number of hydrogen-bond acceptors (Lipinski definition) is 4. The number of nitrogens with zero attached hydrogens (tertiary/aromatic N) is 1. The Kier molecular flexibility index (Phi) is 5.64. The SMILES string of the molecule is CC(CCNC(=O)Cc1cccc([N+](=O)[O-])c1)C(=O)O. The van der Waals surface area contributed by atoms with Crippen LogP contribution in [0.1, 0.15) is 18.9 Å². The molecule has 0 saturated heterocycles.